The molecule has 1 fully saturated rings. The minimum Gasteiger partial charge on any atom is -0.374 e. The van der Waals surface area contributed by atoms with Crippen LogP contribution in [-0.4, -0.2) is 81.7 Å². The van der Waals surface area contributed by atoms with Crippen LogP contribution < -0.4 is 16.1 Å². The maximum atomic E-state index is 13.6. The number of rotatable bonds is 5. The molecule has 0 spiro atoms. The topological polar surface area (TPSA) is 160 Å². The van der Waals surface area contributed by atoms with Crippen LogP contribution in [0.5, 0.6) is 5.75 Å². The minimum atomic E-state index is -3.86. The zero-order chi connectivity index (χ0) is 25.8. The summed E-state index contributed by atoms with van der Waals surface area (Å²) < 4.78 is 30.1. The highest BCUT2D eigenvalue weighted by Crippen LogP contribution is 2.40. The van der Waals surface area contributed by atoms with Gasteiger partial charge in [-0.2, -0.15) is 14.5 Å². The molecule has 14 heteroatoms. The molecule has 1 aromatic carbocycles. The van der Waals surface area contributed by atoms with Crippen LogP contribution in [0.15, 0.2) is 21.8 Å². The number of H-pyrrole nitrogens is 1. The molecule has 0 radical (unpaired) electrons. The predicted molar refractivity (Wildman–Crippen MR) is 131 cm³/mol. The van der Waals surface area contributed by atoms with E-state index in [0.717, 1.165) is 11.5 Å². The number of hydrogen-bond donors (Lipinski definition) is 2. The Morgan fingerprint density at radius 3 is 2.58 bits per heavy atom. The number of aromatic nitrogens is 4. The molecule has 36 heavy (non-hydrogen) atoms. The SMILES string of the molecule is CCCc1nn(C)c2c(=O)[nH]c(-c3cc(S(=O)(=O)N4CCN(C)CC4)cc4c3ON(C(N)=O)C4)nc12. The van der Waals surface area contributed by atoms with Crippen molar-refractivity contribution in [2.24, 2.45) is 12.8 Å². The molecule has 192 valence electrons. The molecule has 2 aromatic heterocycles. The Balaban J connectivity index is 1.69. The lowest BCUT2D eigenvalue weighted by molar-refractivity contribution is 0.00837. The molecule has 2 aliphatic rings. The Morgan fingerprint density at radius 1 is 1.19 bits per heavy atom. The number of primary amides is 1. The number of nitrogens with one attached hydrogen (secondary N) is 1. The van der Waals surface area contributed by atoms with Crippen molar-refractivity contribution in [1.82, 2.24) is 34.0 Å². The Kier molecular flexibility index (Phi) is 5.97. The number of carbonyl (C=O) groups is 1. The first kappa shape index (κ1) is 24.2. The number of sulfonamides is 1. The number of hydrogen-bond acceptors (Lipinski definition) is 8. The van der Waals surface area contributed by atoms with Gasteiger partial charge >= 0.3 is 6.03 Å². The first-order chi connectivity index (χ1) is 17.1. The fourth-order valence-corrected chi connectivity index (χ4v) is 6.09. The highest BCUT2D eigenvalue weighted by Gasteiger charge is 2.34. The van der Waals surface area contributed by atoms with E-state index < -0.39 is 21.6 Å². The number of benzene rings is 1. The van der Waals surface area contributed by atoms with Crippen LogP contribution in [0.3, 0.4) is 0 Å². The van der Waals surface area contributed by atoms with Gasteiger partial charge in [-0.05, 0) is 25.6 Å². The third-order valence-electron chi connectivity index (χ3n) is 6.51. The molecule has 0 unspecified atom stereocenters. The molecule has 0 bridgehead atoms. The first-order valence-corrected chi connectivity index (χ1v) is 13.1. The van der Waals surface area contributed by atoms with Crippen LogP contribution in [0.2, 0.25) is 0 Å². The van der Waals surface area contributed by atoms with Gasteiger partial charge in [0, 0.05) is 38.8 Å². The molecular weight excluding hydrogens is 488 g/mol. The average Bonchev–Trinajstić information content (AvgIpc) is 3.40. The zero-order valence-corrected chi connectivity index (χ0v) is 21.1. The van der Waals surface area contributed by atoms with E-state index in [2.05, 4.69) is 20.0 Å². The highest BCUT2D eigenvalue weighted by molar-refractivity contribution is 7.89. The molecule has 0 saturated carbocycles. The van der Waals surface area contributed by atoms with E-state index in [1.165, 1.54) is 21.1 Å². The van der Waals surface area contributed by atoms with Gasteiger partial charge in [0.25, 0.3) is 5.56 Å². The molecule has 13 nitrogen and oxygen atoms in total. The summed E-state index contributed by atoms with van der Waals surface area (Å²) in [5.41, 5.74) is 7.11. The Labute approximate surface area is 207 Å². The maximum absolute atomic E-state index is 13.6. The Bertz CT molecular complexity index is 1520. The van der Waals surface area contributed by atoms with Crippen LogP contribution in [0.1, 0.15) is 24.6 Å². The molecule has 2 amide bonds. The van der Waals surface area contributed by atoms with Crippen LogP contribution in [-0.2, 0) is 30.0 Å². The molecular formula is C22H28N8O5S. The molecule has 3 aromatic rings. The predicted octanol–water partition coefficient (Wildman–Crippen LogP) is 0.400. The lowest BCUT2D eigenvalue weighted by atomic mass is 10.1. The number of aryl methyl sites for hydroxylation is 2. The summed E-state index contributed by atoms with van der Waals surface area (Å²) in [6.07, 6.45) is 1.43. The summed E-state index contributed by atoms with van der Waals surface area (Å²) in [4.78, 5) is 40.0. The number of amides is 2. The zero-order valence-electron chi connectivity index (χ0n) is 20.3. The summed E-state index contributed by atoms with van der Waals surface area (Å²) in [7, 11) is -0.246. The first-order valence-electron chi connectivity index (χ1n) is 11.7. The van der Waals surface area contributed by atoms with Gasteiger partial charge in [0.05, 0.1) is 22.7 Å². The summed E-state index contributed by atoms with van der Waals surface area (Å²) in [6.45, 7) is 3.90. The van der Waals surface area contributed by atoms with E-state index in [4.69, 9.17) is 10.6 Å². The molecule has 5 rings (SSSR count). The molecule has 0 atom stereocenters. The number of nitrogens with zero attached hydrogens (tertiary/aromatic N) is 6. The van der Waals surface area contributed by atoms with Crippen molar-refractivity contribution in [3.05, 3.63) is 33.7 Å². The number of likely N-dealkylation sites (N-methyl/N-ethyl adjacent to an activating group) is 1. The lowest BCUT2D eigenvalue weighted by Crippen LogP contribution is -2.47. The monoisotopic (exact) mass is 516 g/mol. The summed E-state index contributed by atoms with van der Waals surface area (Å²) >= 11 is 0. The average molecular weight is 517 g/mol. The van der Waals surface area contributed by atoms with E-state index in [-0.39, 0.29) is 28.6 Å². The van der Waals surface area contributed by atoms with Crippen molar-refractivity contribution >= 4 is 27.1 Å². The normalized spacial score (nSPS) is 16.9. The smallest absolute Gasteiger partial charge is 0.348 e. The largest absolute Gasteiger partial charge is 0.374 e. The number of hydroxylamine groups is 2. The number of nitrogens with two attached hydrogens (primary N) is 1. The van der Waals surface area contributed by atoms with Crippen molar-refractivity contribution in [2.75, 3.05) is 33.2 Å². The third kappa shape index (κ3) is 4.00. The summed E-state index contributed by atoms with van der Waals surface area (Å²) in [5.74, 6) is 0.338. The number of urea groups is 1. The van der Waals surface area contributed by atoms with Crippen molar-refractivity contribution in [1.29, 1.82) is 0 Å². The van der Waals surface area contributed by atoms with Gasteiger partial charge in [-0.25, -0.2) is 18.2 Å². The molecule has 0 aliphatic carbocycles. The Morgan fingerprint density at radius 2 is 1.92 bits per heavy atom. The molecule has 1 saturated heterocycles. The second-order valence-corrected chi connectivity index (χ2v) is 11.0. The van der Waals surface area contributed by atoms with E-state index >= 15 is 0 Å². The summed E-state index contributed by atoms with van der Waals surface area (Å²) in [5, 5.41) is 5.37. The van der Waals surface area contributed by atoms with Gasteiger partial charge in [0.15, 0.2) is 11.3 Å². The van der Waals surface area contributed by atoms with Crippen molar-refractivity contribution in [2.45, 2.75) is 31.2 Å². The fraction of sp³-hybridized carbons (Fsp3) is 0.455. The van der Waals surface area contributed by atoms with E-state index in [0.29, 0.717) is 54.9 Å². The lowest BCUT2D eigenvalue weighted by Gasteiger charge is -2.31. The van der Waals surface area contributed by atoms with Gasteiger partial charge < -0.3 is 20.5 Å². The van der Waals surface area contributed by atoms with Crippen molar-refractivity contribution < 1.29 is 18.0 Å². The maximum Gasteiger partial charge on any atom is 0.348 e. The van der Waals surface area contributed by atoms with Crippen LogP contribution in [0, 0.1) is 0 Å². The van der Waals surface area contributed by atoms with Gasteiger partial charge in [0.1, 0.15) is 11.3 Å². The van der Waals surface area contributed by atoms with Crippen molar-refractivity contribution in [3.63, 3.8) is 0 Å². The quantitative estimate of drug-likeness (QED) is 0.493. The molecule has 4 heterocycles. The summed E-state index contributed by atoms with van der Waals surface area (Å²) in [6, 6.07) is 2.09. The van der Waals surface area contributed by atoms with E-state index in [9.17, 15) is 18.0 Å². The second kappa shape index (κ2) is 8.87. The van der Waals surface area contributed by atoms with Gasteiger partial charge in [-0.15, -0.1) is 0 Å². The number of fused-ring (bicyclic) bond motifs is 2. The number of piperazine rings is 1. The molecule has 2 aliphatic heterocycles. The fourth-order valence-electron chi connectivity index (χ4n) is 4.59. The second-order valence-electron chi connectivity index (χ2n) is 9.06. The van der Waals surface area contributed by atoms with Crippen LogP contribution in [0.4, 0.5) is 4.79 Å². The Hall–Kier alpha value is -3.49. The standard InChI is InChI=1S/C22H28N8O5S/c1-4-5-16-17-18(28(3)26-16)21(31)25-20(24-17)15-11-14(10-13-12-30(22(23)32)35-19(13)15)36(33,34)29-8-6-27(2)7-9-29/h10-11H,4-9,12H2,1-3H3,(H2,23,32)(H,24,25,31). The van der Waals surface area contributed by atoms with Gasteiger partial charge in [-0.1, -0.05) is 13.3 Å². The number of aromatic amines is 1. The van der Waals surface area contributed by atoms with E-state index in [1.807, 2.05) is 14.0 Å². The van der Waals surface area contributed by atoms with Gasteiger partial charge in [0.2, 0.25) is 10.0 Å². The van der Waals surface area contributed by atoms with Gasteiger partial charge in [-0.3, -0.25) is 9.48 Å². The minimum absolute atomic E-state index is 0.0263. The van der Waals surface area contributed by atoms with Crippen molar-refractivity contribution in [3.8, 4) is 17.1 Å². The van der Waals surface area contributed by atoms with Crippen LogP contribution in [0.25, 0.3) is 22.4 Å². The number of carbonyl (C=O) groups excluding carboxylic acids is 1. The highest BCUT2D eigenvalue weighted by atomic mass is 32.2. The third-order valence-corrected chi connectivity index (χ3v) is 8.38. The van der Waals surface area contributed by atoms with E-state index in [1.54, 1.807) is 7.05 Å². The van der Waals surface area contributed by atoms with Crippen LogP contribution >= 0.6 is 0 Å². The molecule has 3 N–H and O–H groups in total.